The topological polar surface area (TPSA) is 109 Å². The number of aromatic nitrogens is 2. The van der Waals surface area contributed by atoms with E-state index < -0.39 is 0 Å². The quantitative estimate of drug-likeness (QED) is 0.494. The third kappa shape index (κ3) is 4.35. The first-order valence-electron chi connectivity index (χ1n) is 12.7. The standard InChI is InChI=1S/C27H30N6O4S/c1-36-22-11-17-14-33(25(35)18(17)12-23(22)37-2)26-31-20(15-38-26)24(34)30-19-13-28-7-3-21(19)32-9-5-27(6-10-32)4-8-29-16-27/h3,7,11-13,15,29H,4-6,8-10,14,16H2,1-2H3,(H,30,34). The smallest absolute Gasteiger partial charge is 0.275 e. The predicted molar refractivity (Wildman–Crippen MR) is 146 cm³/mol. The molecular formula is C27H30N6O4S. The van der Waals surface area contributed by atoms with Crippen LogP contribution in [-0.4, -0.2) is 62.2 Å². The van der Waals surface area contributed by atoms with E-state index in [9.17, 15) is 9.59 Å². The van der Waals surface area contributed by atoms with E-state index in [2.05, 4.69) is 25.5 Å². The number of rotatable bonds is 6. The van der Waals surface area contributed by atoms with Crippen molar-refractivity contribution in [1.29, 1.82) is 0 Å². The molecule has 38 heavy (non-hydrogen) atoms. The van der Waals surface area contributed by atoms with E-state index >= 15 is 0 Å². The van der Waals surface area contributed by atoms with Crippen molar-refractivity contribution in [3.05, 3.63) is 52.8 Å². The average molecular weight is 535 g/mol. The van der Waals surface area contributed by atoms with Crippen LogP contribution in [0.4, 0.5) is 16.5 Å². The molecule has 3 aliphatic rings. The molecule has 0 aliphatic carbocycles. The molecular weight excluding hydrogens is 504 g/mol. The highest BCUT2D eigenvalue weighted by molar-refractivity contribution is 7.14. The van der Waals surface area contributed by atoms with Crippen molar-refractivity contribution in [2.24, 2.45) is 5.41 Å². The molecule has 10 nitrogen and oxygen atoms in total. The van der Waals surface area contributed by atoms with Crippen LogP contribution >= 0.6 is 11.3 Å². The van der Waals surface area contributed by atoms with Crippen LogP contribution in [0.1, 0.15) is 45.7 Å². The first-order chi connectivity index (χ1) is 18.5. The molecule has 2 amide bonds. The number of fused-ring (bicyclic) bond motifs is 1. The maximum Gasteiger partial charge on any atom is 0.275 e. The van der Waals surface area contributed by atoms with Crippen LogP contribution < -0.4 is 29.9 Å². The van der Waals surface area contributed by atoms with Gasteiger partial charge < -0.3 is 25.0 Å². The average Bonchev–Trinajstić information content (AvgIpc) is 3.68. The number of benzene rings is 1. The van der Waals surface area contributed by atoms with Gasteiger partial charge in [0.15, 0.2) is 16.6 Å². The summed E-state index contributed by atoms with van der Waals surface area (Å²) >= 11 is 1.26. The van der Waals surface area contributed by atoms with E-state index in [1.165, 1.54) is 24.9 Å². The Kier molecular flexibility index (Phi) is 6.40. The Morgan fingerprint density at radius 2 is 1.95 bits per heavy atom. The summed E-state index contributed by atoms with van der Waals surface area (Å²) in [7, 11) is 3.10. The molecule has 3 aliphatic heterocycles. The van der Waals surface area contributed by atoms with Gasteiger partial charge in [0.25, 0.3) is 11.8 Å². The fourth-order valence-corrected chi connectivity index (χ4v) is 6.48. The number of anilines is 3. The zero-order chi connectivity index (χ0) is 26.3. The van der Waals surface area contributed by atoms with E-state index in [1.807, 2.05) is 12.1 Å². The van der Waals surface area contributed by atoms with Crippen molar-refractivity contribution < 1.29 is 19.1 Å². The third-order valence-electron chi connectivity index (χ3n) is 7.91. The maximum atomic E-state index is 13.2. The summed E-state index contributed by atoms with van der Waals surface area (Å²) in [5, 5.41) is 8.65. The number of hydrogen-bond donors (Lipinski definition) is 2. The second-order valence-corrected chi connectivity index (χ2v) is 10.9. The van der Waals surface area contributed by atoms with Crippen LogP contribution in [0.15, 0.2) is 36.0 Å². The lowest BCUT2D eigenvalue weighted by molar-refractivity contribution is 0.0991. The fraction of sp³-hybridized carbons (Fsp3) is 0.407. The summed E-state index contributed by atoms with van der Waals surface area (Å²) in [5.74, 6) is 0.549. The highest BCUT2D eigenvalue weighted by Gasteiger charge is 2.37. The SMILES string of the molecule is COc1cc2c(cc1OC)C(=O)N(c1nc(C(=O)Nc3cnccc3N3CCC4(CCNC4)CC3)cs1)C2. The number of piperidine rings is 1. The summed E-state index contributed by atoms with van der Waals surface area (Å²) in [6, 6.07) is 5.45. The largest absolute Gasteiger partial charge is 0.493 e. The van der Waals surface area contributed by atoms with Crippen LogP contribution in [-0.2, 0) is 6.54 Å². The third-order valence-corrected chi connectivity index (χ3v) is 8.78. The molecule has 2 aromatic heterocycles. The first-order valence-corrected chi connectivity index (χ1v) is 13.6. The van der Waals surface area contributed by atoms with Crippen molar-refractivity contribution >= 4 is 39.7 Å². The Morgan fingerprint density at radius 3 is 2.68 bits per heavy atom. The zero-order valence-electron chi connectivity index (χ0n) is 21.5. The van der Waals surface area contributed by atoms with Gasteiger partial charge in [-0.25, -0.2) is 4.98 Å². The number of thiazole rings is 1. The lowest BCUT2D eigenvalue weighted by Crippen LogP contribution is -2.41. The minimum Gasteiger partial charge on any atom is -0.493 e. The minimum absolute atomic E-state index is 0.183. The number of amides is 2. The van der Waals surface area contributed by atoms with E-state index in [1.54, 1.807) is 35.8 Å². The van der Waals surface area contributed by atoms with Crippen molar-refractivity contribution in [3.63, 3.8) is 0 Å². The molecule has 1 spiro atoms. The van der Waals surface area contributed by atoms with Gasteiger partial charge in [-0.1, -0.05) is 0 Å². The van der Waals surface area contributed by atoms with Gasteiger partial charge >= 0.3 is 0 Å². The Hall–Kier alpha value is -3.70. The molecule has 2 fully saturated rings. The lowest BCUT2D eigenvalue weighted by atomic mass is 9.78. The van der Waals surface area contributed by atoms with Crippen molar-refractivity contribution in [2.45, 2.75) is 25.8 Å². The Bertz CT molecular complexity index is 1380. The van der Waals surface area contributed by atoms with Crippen molar-refractivity contribution in [3.8, 4) is 11.5 Å². The highest BCUT2D eigenvalue weighted by Crippen LogP contribution is 2.40. The molecule has 11 heteroatoms. The fourth-order valence-electron chi connectivity index (χ4n) is 5.68. The molecule has 2 saturated heterocycles. The van der Waals surface area contributed by atoms with Gasteiger partial charge in [0.1, 0.15) is 5.69 Å². The summed E-state index contributed by atoms with van der Waals surface area (Å²) in [5.41, 5.74) is 3.67. The van der Waals surface area contributed by atoms with E-state index in [4.69, 9.17) is 9.47 Å². The molecule has 0 saturated carbocycles. The van der Waals surface area contributed by atoms with Gasteiger partial charge in [0, 0.05) is 36.8 Å². The van der Waals surface area contributed by atoms with Gasteiger partial charge in [0.2, 0.25) is 0 Å². The number of nitrogens with one attached hydrogen (secondary N) is 2. The number of ether oxygens (including phenoxy) is 2. The number of nitrogens with zero attached hydrogens (tertiary/aromatic N) is 4. The van der Waals surface area contributed by atoms with Gasteiger partial charge in [-0.3, -0.25) is 19.5 Å². The van der Waals surface area contributed by atoms with Gasteiger partial charge in [0.05, 0.1) is 38.3 Å². The summed E-state index contributed by atoms with van der Waals surface area (Å²) in [6.07, 6.45) is 6.94. The number of pyridine rings is 1. The van der Waals surface area contributed by atoms with E-state index in [0.717, 1.165) is 50.3 Å². The molecule has 0 radical (unpaired) electrons. The van der Waals surface area contributed by atoms with Crippen molar-refractivity contribution in [1.82, 2.24) is 15.3 Å². The van der Waals surface area contributed by atoms with Crippen LogP contribution in [0, 0.1) is 5.41 Å². The Labute approximate surface area is 225 Å². The van der Waals surface area contributed by atoms with Gasteiger partial charge in [-0.15, -0.1) is 11.3 Å². The molecule has 0 unspecified atom stereocenters. The minimum atomic E-state index is -0.331. The summed E-state index contributed by atoms with van der Waals surface area (Å²) in [6.45, 7) is 4.44. The number of methoxy groups -OCH3 is 2. The number of carbonyl (C=O) groups excluding carboxylic acids is 2. The summed E-state index contributed by atoms with van der Waals surface area (Å²) in [4.78, 5) is 39.0. The molecule has 6 rings (SSSR count). The zero-order valence-corrected chi connectivity index (χ0v) is 22.3. The lowest BCUT2D eigenvalue weighted by Gasteiger charge is -2.40. The molecule has 198 valence electrons. The highest BCUT2D eigenvalue weighted by atomic mass is 32.1. The predicted octanol–water partition coefficient (Wildman–Crippen LogP) is 3.55. The van der Waals surface area contributed by atoms with Gasteiger partial charge in [-0.05, 0) is 55.0 Å². The second-order valence-electron chi connectivity index (χ2n) is 10.0. The maximum absolute atomic E-state index is 13.2. The molecule has 1 aromatic carbocycles. The normalized spacial score (nSPS) is 18.1. The number of hydrogen-bond acceptors (Lipinski definition) is 9. The van der Waals surface area contributed by atoms with E-state index in [-0.39, 0.29) is 17.5 Å². The number of carbonyl (C=O) groups is 2. The Morgan fingerprint density at radius 1 is 1.16 bits per heavy atom. The van der Waals surface area contributed by atoms with Crippen LogP contribution in [0.2, 0.25) is 0 Å². The van der Waals surface area contributed by atoms with Crippen LogP contribution in [0.25, 0.3) is 0 Å². The van der Waals surface area contributed by atoms with Gasteiger partial charge in [-0.2, -0.15) is 0 Å². The monoisotopic (exact) mass is 534 g/mol. The second kappa shape index (κ2) is 9.88. The van der Waals surface area contributed by atoms with Crippen LogP contribution in [0.5, 0.6) is 11.5 Å². The van der Waals surface area contributed by atoms with E-state index in [0.29, 0.717) is 39.8 Å². The molecule has 0 atom stereocenters. The Balaban J connectivity index is 1.16. The molecule has 2 N–H and O–H groups in total. The molecule has 5 heterocycles. The summed E-state index contributed by atoms with van der Waals surface area (Å²) < 4.78 is 10.7. The molecule has 0 bridgehead atoms. The molecule has 3 aromatic rings. The van der Waals surface area contributed by atoms with Crippen molar-refractivity contribution in [2.75, 3.05) is 55.5 Å². The first kappa shape index (κ1) is 24.6. The van der Waals surface area contributed by atoms with Crippen LogP contribution in [0.3, 0.4) is 0 Å².